The van der Waals surface area contributed by atoms with E-state index in [0.29, 0.717) is 5.56 Å². The van der Waals surface area contributed by atoms with Crippen molar-refractivity contribution >= 4 is 5.91 Å². The first-order chi connectivity index (χ1) is 8.84. The summed E-state index contributed by atoms with van der Waals surface area (Å²) in [6, 6.07) is 5.84. The molecule has 0 bridgehead atoms. The Balaban J connectivity index is 2.49. The zero-order chi connectivity index (χ0) is 14.5. The summed E-state index contributed by atoms with van der Waals surface area (Å²) in [7, 11) is 0. The molecule has 0 aliphatic heterocycles. The number of rotatable bonds is 6. The number of amides is 1. The van der Waals surface area contributed by atoms with Gasteiger partial charge in [0.15, 0.2) is 0 Å². The summed E-state index contributed by atoms with van der Waals surface area (Å²) in [5.74, 6) is -4.51. The topological polar surface area (TPSA) is 55.1 Å². The molecule has 0 fully saturated rings. The minimum Gasteiger partial charge on any atom is -0.350 e. The maximum Gasteiger partial charge on any atom is 0.277 e. The van der Waals surface area contributed by atoms with Gasteiger partial charge in [-0.1, -0.05) is 19.1 Å². The zero-order valence-electron chi connectivity index (χ0n) is 10.6. The molecule has 0 aliphatic rings. The minimum atomic E-state index is -3.10. The van der Waals surface area contributed by atoms with Crippen molar-refractivity contribution in [3.05, 3.63) is 35.6 Å². The van der Waals surface area contributed by atoms with E-state index in [0.717, 1.165) is 0 Å². The van der Waals surface area contributed by atoms with Crippen LogP contribution in [0.4, 0.5) is 13.2 Å². The summed E-state index contributed by atoms with van der Waals surface area (Å²) in [5, 5.41) is 2.15. The van der Waals surface area contributed by atoms with Crippen LogP contribution in [0.25, 0.3) is 0 Å². The van der Waals surface area contributed by atoms with Crippen molar-refractivity contribution in [2.24, 2.45) is 11.7 Å². The lowest BCUT2D eigenvalue weighted by Crippen LogP contribution is -2.43. The predicted molar refractivity (Wildman–Crippen MR) is 66.3 cm³/mol. The minimum absolute atomic E-state index is 0.289. The molecule has 0 aliphatic carbocycles. The van der Waals surface area contributed by atoms with E-state index in [1.165, 1.54) is 18.2 Å². The fourth-order valence-electron chi connectivity index (χ4n) is 1.57. The number of benzene rings is 1. The van der Waals surface area contributed by atoms with Crippen molar-refractivity contribution in [3.8, 4) is 0 Å². The summed E-state index contributed by atoms with van der Waals surface area (Å²) in [6.45, 7) is 0.00219. The maximum atomic E-state index is 13.0. The number of carbonyl (C=O) groups excluding carboxylic acids is 1. The molecule has 106 valence electrons. The first kappa shape index (κ1) is 15.5. The van der Waals surface area contributed by atoms with Crippen LogP contribution in [0.1, 0.15) is 12.5 Å². The Morgan fingerprint density at radius 1 is 1.47 bits per heavy atom. The van der Waals surface area contributed by atoms with E-state index in [1.54, 1.807) is 13.0 Å². The molecule has 0 saturated heterocycles. The SMILES string of the molecule is CC(Cc1cccc(F)c1)C(=O)NCC(F)(F)CN. The summed E-state index contributed by atoms with van der Waals surface area (Å²) in [6.07, 6.45) is 0.289. The molecule has 1 rings (SSSR count). The van der Waals surface area contributed by atoms with E-state index in [4.69, 9.17) is 5.73 Å². The lowest BCUT2D eigenvalue weighted by atomic mass is 10.0. The van der Waals surface area contributed by atoms with Crippen LogP contribution in [-0.4, -0.2) is 24.9 Å². The monoisotopic (exact) mass is 274 g/mol. The lowest BCUT2D eigenvalue weighted by Gasteiger charge is -2.17. The third-order valence-corrected chi connectivity index (χ3v) is 2.70. The van der Waals surface area contributed by atoms with Crippen molar-refractivity contribution in [1.82, 2.24) is 5.32 Å². The Morgan fingerprint density at radius 2 is 2.16 bits per heavy atom. The van der Waals surface area contributed by atoms with Gasteiger partial charge in [-0.15, -0.1) is 0 Å². The fourth-order valence-corrected chi connectivity index (χ4v) is 1.57. The number of alkyl halides is 2. The number of hydrogen-bond acceptors (Lipinski definition) is 2. The molecule has 1 aromatic rings. The second-order valence-corrected chi connectivity index (χ2v) is 4.51. The van der Waals surface area contributed by atoms with Crippen molar-refractivity contribution in [2.45, 2.75) is 19.3 Å². The van der Waals surface area contributed by atoms with Gasteiger partial charge in [-0.25, -0.2) is 13.2 Å². The predicted octanol–water partition coefficient (Wildman–Crippen LogP) is 1.71. The number of hydrogen-bond donors (Lipinski definition) is 2. The highest BCUT2D eigenvalue weighted by Gasteiger charge is 2.28. The van der Waals surface area contributed by atoms with Gasteiger partial charge in [0.1, 0.15) is 5.82 Å². The molecule has 1 unspecified atom stereocenters. The maximum absolute atomic E-state index is 13.0. The molecular formula is C13H17F3N2O. The highest BCUT2D eigenvalue weighted by atomic mass is 19.3. The Kier molecular flexibility index (Phi) is 5.35. The molecule has 1 amide bonds. The summed E-state index contributed by atoms with van der Waals surface area (Å²) in [4.78, 5) is 11.6. The van der Waals surface area contributed by atoms with Gasteiger partial charge in [-0.3, -0.25) is 4.79 Å². The van der Waals surface area contributed by atoms with E-state index in [-0.39, 0.29) is 12.2 Å². The molecule has 1 atom stereocenters. The molecule has 1 aromatic carbocycles. The first-order valence-corrected chi connectivity index (χ1v) is 5.94. The van der Waals surface area contributed by atoms with E-state index in [1.807, 2.05) is 0 Å². The number of halogens is 3. The van der Waals surface area contributed by atoms with Gasteiger partial charge in [-0.2, -0.15) is 0 Å². The molecule has 0 saturated carbocycles. The Bertz CT molecular complexity index is 438. The third kappa shape index (κ3) is 5.30. The van der Waals surface area contributed by atoms with E-state index in [9.17, 15) is 18.0 Å². The van der Waals surface area contributed by atoms with Crippen molar-refractivity contribution in [2.75, 3.05) is 13.1 Å². The fraction of sp³-hybridized carbons (Fsp3) is 0.462. The van der Waals surface area contributed by atoms with Crippen LogP contribution in [-0.2, 0) is 11.2 Å². The summed E-state index contributed by atoms with van der Waals surface area (Å²) >= 11 is 0. The highest BCUT2D eigenvalue weighted by Crippen LogP contribution is 2.12. The molecule has 3 N–H and O–H groups in total. The van der Waals surface area contributed by atoms with Crippen LogP contribution >= 0.6 is 0 Å². The summed E-state index contributed by atoms with van der Waals surface area (Å²) < 4.78 is 38.7. The van der Waals surface area contributed by atoms with Gasteiger partial charge in [-0.05, 0) is 24.1 Å². The molecular weight excluding hydrogens is 257 g/mol. The van der Waals surface area contributed by atoms with Crippen molar-refractivity contribution in [3.63, 3.8) is 0 Å². The van der Waals surface area contributed by atoms with Gasteiger partial charge in [0, 0.05) is 5.92 Å². The van der Waals surface area contributed by atoms with Crippen LogP contribution in [0, 0.1) is 11.7 Å². The zero-order valence-corrected chi connectivity index (χ0v) is 10.6. The largest absolute Gasteiger partial charge is 0.350 e. The second kappa shape index (κ2) is 6.56. The average Bonchev–Trinajstić information content (AvgIpc) is 2.36. The van der Waals surface area contributed by atoms with Crippen LogP contribution in [0.2, 0.25) is 0 Å². The molecule has 19 heavy (non-hydrogen) atoms. The Hall–Kier alpha value is -1.56. The van der Waals surface area contributed by atoms with E-state index < -0.39 is 30.8 Å². The van der Waals surface area contributed by atoms with Crippen molar-refractivity contribution in [1.29, 1.82) is 0 Å². The normalized spacial score (nSPS) is 13.1. The van der Waals surface area contributed by atoms with Gasteiger partial charge in [0.2, 0.25) is 5.91 Å². The Morgan fingerprint density at radius 3 is 2.74 bits per heavy atom. The van der Waals surface area contributed by atoms with Gasteiger partial charge < -0.3 is 11.1 Å². The van der Waals surface area contributed by atoms with E-state index in [2.05, 4.69) is 5.32 Å². The van der Waals surface area contributed by atoms with Crippen LogP contribution in [0.3, 0.4) is 0 Å². The van der Waals surface area contributed by atoms with Crippen LogP contribution in [0.5, 0.6) is 0 Å². The molecule has 6 heteroatoms. The number of nitrogens with one attached hydrogen (secondary N) is 1. The van der Waals surface area contributed by atoms with Crippen LogP contribution < -0.4 is 11.1 Å². The van der Waals surface area contributed by atoms with Crippen molar-refractivity contribution < 1.29 is 18.0 Å². The number of nitrogens with two attached hydrogens (primary N) is 1. The second-order valence-electron chi connectivity index (χ2n) is 4.51. The Labute approximate surface area is 110 Å². The lowest BCUT2D eigenvalue weighted by molar-refractivity contribution is -0.126. The standard InChI is InChI=1S/C13H17F3N2O/c1-9(5-10-3-2-4-11(14)6-10)12(19)18-8-13(15,16)7-17/h2-4,6,9H,5,7-8,17H2,1H3,(H,18,19). The van der Waals surface area contributed by atoms with Gasteiger partial charge in [0.25, 0.3) is 5.92 Å². The van der Waals surface area contributed by atoms with E-state index >= 15 is 0 Å². The first-order valence-electron chi connectivity index (χ1n) is 5.94. The molecule has 0 heterocycles. The summed E-state index contributed by atoms with van der Waals surface area (Å²) in [5.41, 5.74) is 5.51. The molecule has 0 spiro atoms. The third-order valence-electron chi connectivity index (χ3n) is 2.70. The number of carbonyl (C=O) groups is 1. The average molecular weight is 274 g/mol. The van der Waals surface area contributed by atoms with Gasteiger partial charge in [0.05, 0.1) is 13.1 Å². The molecule has 0 aromatic heterocycles. The highest BCUT2D eigenvalue weighted by molar-refractivity contribution is 5.78. The van der Waals surface area contributed by atoms with Gasteiger partial charge >= 0.3 is 0 Å². The molecule has 0 radical (unpaired) electrons. The van der Waals surface area contributed by atoms with Crippen LogP contribution in [0.15, 0.2) is 24.3 Å². The molecule has 3 nitrogen and oxygen atoms in total. The quantitative estimate of drug-likeness (QED) is 0.829. The smallest absolute Gasteiger partial charge is 0.277 e.